The summed E-state index contributed by atoms with van der Waals surface area (Å²) < 4.78 is 0. The molecule has 1 heterocycles. The number of hydrogen-bond donors (Lipinski definition) is 0. The Morgan fingerprint density at radius 1 is 1.18 bits per heavy atom. The molecule has 1 heteroatoms. The van der Waals surface area contributed by atoms with E-state index >= 15 is 0 Å². The van der Waals surface area contributed by atoms with Gasteiger partial charge in [0.1, 0.15) is 0 Å². The monoisotopic (exact) mass is 166 g/mol. The maximum atomic E-state index is 4.25. The maximum absolute atomic E-state index is 4.25. The molecule has 0 nitrogen and oxygen atoms in total. The average Bonchev–Trinajstić information content (AvgIpc) is 2.57. The van der Waals surface area contributed by atoms with Crippen LogP contribution in [0.25, 0.3) is 0 Å². The first-order chi connectivity index (χ1) is 5.25. The highest BCUT2D eigenvalue weighted by atomic mass is 31.1. The van der Waals surface area contributed by atoms with E-state index in [1.807, 2.05) is 0 Å². The first-order valence-corrected chi connectivity index (χ1v) is 5.72. The predicted molar refractivity (Wildman–Crippen MR) is 50.6 cm³/mol. The van der Waals surface area contributed by atoms with E-state index in [-0.39, 0.29) is 0 Å². The molecule has 3 rings (SSSR count). The molecule has 3 aliphatic rings. The summed E-state index contributed by atoms with van der Waals surface area (Å²) in [5.41, 5.74) is 1.62. The van der Waals surface area contributed by atoms with E-state index in [2.05, 4.69) is 6.58 Å². The summed E-state index contributed by atoms with van der Waals surface area (Å²) in [6, 6.07) is 0. The molecule has 0 N–H and O–H groups in total. The van der Waals surface area contributed by atoms with Gasteiger partial charge in [-0.25, -0.2) is 0 Å². The van der Waals surface area contributed by atoms with Crippen molar-refractivity contribution >= 4 is 8.58 Å². The van der Waals surface area contributed by atoms with Gasteiger partial charge in [-0.2, -0.15) is 0 Å². The third kappa shape index (κ3) is 0.746. The summed E-state index contributed by atoms with van der Waals surface area (Å²) in [4.78, 5) is 0. The summed E-state index contributed by atoms with van der Waals surface area (Å²) >= 11 is 0. The molecule has 60 valence electrons. The van der Waals surface area contributed by atoms with Crippen molar-refractivity contribution in [3.8, 4) is 0 Å². The Bertz CT molecular complexity index is 221. The molecule has 2 spiro atoms. The van der Waals surface area contributed by atoms with Crippen molar-refractivity contribution in [1.82, 2.24) is 0 Å². The SMILES string of the molecule is C=C1CC2(CCC2)PC12CC2. The van der Waals surface area contributed by atoms with Crippen molar-refractivity contribution in [3.05, 3.63) is 12.2 Å². The zero-order valence-corrected chi connectivity index (χ0v) is 7.95. The van der Waals surface area contributed by atoms with Crippen LogP contribution < -0.4 is 0 Å². The van der Waals surface area contributed by atoms with E-state index in [9.17, 15) is 0 Å². The van der Waals surface area contributed by atoms with Gasteiger partial charge in [0, 0.05) is 5.16 Å². The summed E-state index contributed by atoms with van der Waals surface area (Å²) in [6.45, 7) is 4.25. The quantitative estimate of drug-likeness (QED) is 0.383. The van der Waals surface area contributed by atoms with Crippen molar-refractivity contribution in [1.29, 1.82) is 0 Å². The number of rotatable bonds is 0. The first kappa shape index (κ1) is 6.66. The average molecular weight is 166 g/mol. The van der Waals surface area contributed by atoms with Gasteiger partial charge in [0.2, 0.25) is 0 Å². The molecule has 0 radical (unpaired) electrons. The topological polar surface area (TPSA) is 0 Å². The third-order valence-corrected chi connectivity index (χ3v) is 6.33. The van der Waals surface area contributed by atoms with Gasteiger partial charge in [-0.3, -0.25) is 0 Å². The van der Waals surface area contributed by atoms with Crippen LogP contribution in [0.5, 0.6) is 0 Å². The minimum Gasteiger partial charge on any atom is -0.105 e. The van der Waals surface area contributed by atoms with Gasteiger partial charge >= 0.3 is 0 Å². The lowest BCUT2D eigenvalue weighted by Gasteiger charge is -2.38. The number of allylic oxidation sites excluding steroid dienone is 1. The molecule has 1 unspecified atom stereocenters. The lowest BCUT2D eigenvalue weighted by atomic mass is 9.79. The van der Waals surface area contributed by atoms with Gasteiger partial charge in [-0.05, 0) is 37.3 Å². The molecule has 11 heavy (non-hydrogen) atoms. The normalized spacial score (nSPS) is 38.4. The summed E-state index contributed by atoms with van der Waals surface area (Å²) in [7, 11) is 1.26. The van der Waals surface area contributed by atoms with Crippen LogP contribution >= 0.6 is 8.58 Å². The van der Waals surface area contributed by atoms with Gasteiger partial charge < -0.3 is 0 Å². The van der Waals surface area contributed by atoms with E-state index in [4.69, 9.17) is 0 Å². The molecule has 0 aromatic heterocycles. The summed E-state index contributed by atoms with van der Waals surface area (Å²) in [6.07, 6.45) is 8.89. The zero-order valence-electron chi connectivity index (χ0n) is 6.95. The van der Waals surface area contributed by atoms with E-state index in [0.29, 0.717) is 0 Å². The van der Waals surface area contributed by atoms with E-state index < -0.39 is 0 Å². The molecule has 0 bridgehead atoms. The van der Waals surface area contributed by atoms with Crippen molar-refractivity contribution < 1.29 is 0 Å². The highest BCUT2D eigenvalue weighted by Crippen LogP contribution is 2.74. The van der Waals surface area contributed by atoms with Crippen molar-refractivity contribution in [2.24, 2.45) is 0 Å². The minimum atomic E-state index is 0.723. The molecule has 1 saturated heterocycles. The molecule has 1 atom stereocenters. The fourth-order valence-electron chi connectivity index (χ4n) is 2.73. The Morgan fingerprint density at radius 2 is 1.91 bits per heavy atom. The molecule has 2 aliphatic carbocycles. The van der Waals surface area contributed by atoms with Crippen molar-refractivity contribution in [3.63, 3.8) is 0 Å². The van der Waals surface area contributed by atoms with Crippen LogP contribution in [0, 0.1) is 0 Å². The van der Waals surface area contributed by atoms with Crippen LogP contribution in [0.4, 0.5) is 0 Å². The molecule has 3 fully saturated rings. The summed E-state index contributed by atoms with van der Waals surface area (Å²) in [5.74, 6) is 0. The van der Waals surface area contributed by atoms with E-state index in [0.717, 1.165) is 10.3 Å². The Hall–Kier alpha value is 0.170. The standard InChI is InChI=1S/C10H15P/c1-8-7-9(3-2-4-9)11-10(8)5-6-10/h11H,1-7H2. The fourth-order valence-corrected chi connectivity index (χ4v) is 5.29. The lowest BCUT2D eigenvalue weighted by Crippen LogP contribution is -2.28. The second-order valence-corrected chi connectivity index (χ2v) is 6.89. The zero-order chi connectivity index (χ0) is 7.53. The van der Waals surface area contributed by atoms with Gasteiger partial charge in [-0.15, -0.1) is 8.58 Å². The van der Waals surface area contributed by atoms with Crippen molar-refractivity contribution in [2.45, 2.75) is 48.8 Å². The largest absolute Gasteiger partial charge is 0.105 e. The van der Waals surface area contributed by atoms with Gasteiger partial charge in [0.05, 0.1) is 0 Å². The summed E-state index contributed by atoms with van der Waals surface area (Å²) in [5, 5.41) is 1.54. The molecular formula is C10H15P. The van der Waals surface area contributed by atoms with Crippen LogP contribution in [-0.4, -0.2) is 10.3 Å². The second-order valence-electron chi connectivity index (χ2n) is 4.62. The van der Waals surface area contributed by atoms with Gasteiger partial charge in [0.25, 0.3) is 0 Å². The molecule has 0 amide bonds. The molecule has 1 aliphatic heterocycles. The van der Waals surface area contributed by atoms with Crippen LogP contribution in [0.1, 0.15) is 38.5 Å². The Balaban J connectivity index is 1.89. The van der Waals surface area contributed by atoms with Gasteiger partial charge in [-0.1, -0.05) is 18.6 Å². The molecule has 2 saturated carbocycles. The molecule has 0 aromatic carbocycles. The Morgan fingerprint density at radius 3 is 2.18 bits per heavy atom. The van der Waals surface area contributed by atoms with Gasteiger partial charge in [0.15, 0.2) is 0 Å². The first-order valence-electron chi connectivity index (χ1n) is 4.72. The Kier molecular flexibility index (Phi) is 1.05. The number of hydrogen-bond acceptors (Lipinski definition) is 0. The van der Waals surface area contributed by atoms with E-state index in [1.165, 1.54) is 47.1 Å². The smallest absolute Gasteiger partial charge is 0.00890 e. The van der Waals surface area contributed by atoms with Crippen molar-refractivity contribution in [2.75, 3.05) is 0 Å². The fraction of sp³-hybridized carbons (Fsp3) is 0.800. The highest BCUT2D eigenvalue weighted by Gasteiger charge is 2.58. The maximum Gasteiger partial charge on any atom is 0.00890 e. The lowest BCUT2D eigenvalue weighted by molar-refractivity contribution is 0.365. The van der Waals surface area contributed by atoms with Crippen LogP contribution in [0.2, 0.25) is 0 Å². The van der Waals surface area contributed by atoms with E-state index in [1.54, 1.807) is 5.57 Å². The Labute approximate surface area is 70.2 Å². The highest BCUT2D eigenvalue weighted by molar-refractivity contribution is 7.43. The third-order valence-electron chi connectivity index (χ3n) is 3.79. The van der Waals surface area contributed by atoms with Crippen LogP contribution in [0.3, 0.4) is 0 Å². The predicted octanol–water partition coefficient (Wildman–Crippen LogP) is 3.08. The van der Waals surface area contributed by atoms with Crippen LogP contribution in [-0.2, 0) is 0 Å². The molecule has 0 aromatic rings. The second kappa shape index (κ2) is 1.74. The van der Waals surface area contributed by atoms with Crippen LogP contribution in [0.15, 0.2) is 12.2 Å². The molecular weight excluding hydrogens is 151 g/mol. The minimum absolute atomic E-state index is 0.723.